The van der Waals surface area contributed by atoms with Crippen molar-refractivity contribution in [2.24, 2.45) is 5.92 Å². The predicted octanol–water partition coefficient (Wildman–Crippen LogP) is 7.25. The van der Waals surface area contributed by atoms with E-state index in [1.165, 1.54) is 23.3 Å². The van der Waals surface area contributed by atoms with Crippen LogP contribution in [0.15, 0.2) is 54.7 Å². The molecule has 3 fully saturated rings. The molecule has 2 aromatic heterocycles. The summed E-state index contributed by atoms with van der Waals surface area (Å²) in [4.78, 5) is 91.6. The molecular formula is C55H73N9O9S. The number of hydrogen-bond donors (Lipinski definition) is 6. The van der Waals surface area contributed by atoms with E-state index in [9.17, 15) is 28.8 Å². The number of fused-ring (bicyclic) bond motifs is 2. The fraction of sp³-hybridized carbons (Fsp3) is 0.564. The number of rotatable bonds is 21. The standard InChI is InChI=1S/C55H73N9O9S/c1-34-45(61-55(70)73-41-17-8-5-9-18-41)29-39(32-57-34)38-21-22-44-47(30-38)74-54(60-44)62-49(66)24-26-72-28-27-71-25-23-48(65)58-40-31-46(52(68)59-43-20-12-16-36-13-10-11-19-42(36)43)64(33-40)53(69)50(37-14-6-4-7-15-37)63-51(67)35(2)56-3/h10-11,13,19,21-22,29-30,32,35,37,40-41,43,46,50,56H,4-9,12,14-18,20,23-28,31,33H2,1-3H3,(H,58,65)(H,59,68)(H,61,70)(H,63,67)(H,60,62,66)/t35-,40-,43+,46-,50-/m0/s1. The van der Waals surface area contributed by atoms with Gasteiger partial charge in [-0.3, -0.25) is 34.3 Å². The van der Waals surface area contributed by atoms with Crippen molar-refractivity contribution in [1.29, 1.82) is 0 Å². The van der Waals surface area contributed by atoms with Gasteiger partial charge in [-0.05, 0) is 126 Å². The maximum atomic E-state index is 14.7. The first-order valence-corrected chi connectivity index (χ1v) is 27.5. The number of amides is 6. The molecule has 1 saturated heterocycles. The van der Waals surface area contributed by atoms with Gasteiger partial charge in [0.15, 0.2) is 5.13 Å². The minimum atomic E-state index is -0.830. The Morgan fingerprint density at radius 3 is 2.28 bits per heavy atom. The Morgan fingerprint density at radius 1 is 0.797 bits per heavy atom. The van der Waals surface area contributed by atoms with Crippen LogP contribution in [-0.2, 0) is 44.6 Å². The van der Waals surface area contributed by atoms with E-state index in [0.29, 0.717) is 16.5 Å². The van der Waals surface area contributed by atoms with E-state index in [0.717, 1.165) is 104 Å². The van der Waals surface area contributed by atoms with Gasteiger partial charge >= 0.3 is 6.09 Å². The zero-order chi connectivity index (χ0) is 52.0. The molecule has 0 unspecified atom stereocenters. The zero-order valence-corrected chi connectivity index (χ0v) is 43.8. The third-order valence-corrected chi connectivity index (χ3v) is 15.8. The SMILES string of the molecule is CN[C@@H](C)C(=O)N[C@H](C(=O)N1C[C@@H](NC(=O)CCOCCOCCC(=O)Nc2nc3ccc(-c4cnc(C)c(NC(=O)OC5CCCCC5)c4)cc3s2)C[C@H]1C(=O)N[C@@H]1CCCc2ccccc21)C1CCCCC1. The molecule has 5 atom stereocenters. The summed E-state index contributed by atoms with van der Waals surface area (Å²) in [5.74, 6) is -1.40. The maximum absolute atomic E-state index is 14.7. The van der Waals surface area contributed by atoms with Crippen LogP contribution in [0.2, 0.25) is 0 Å². The number of aromatic nitrogens is 2. The third-order valence-electron chi connectivity index (χ3n) is 14.9. The number of aryl methyl sites for hydroxylation is 2. The molecule has 6 N–H and O–H groups in total. The third kappa shape index (κ3) is 14.6. The molecule has 18 nitrogen and oxygen atoms in total. The van der Waals surface area contributed by atoms with Gasteiger partial charge in [0, 0.05) is 30.8 Å². The summed E-state index contributed by atoms with van der Waals surface area (Å²) in [6, 6.07) is 13.0. The molecule has 3 aliphatic carbocycles. The summed E-state index contributed by atoms with van der Waals surface area (Å²) in [6.07, 6.45) is 14.0. The number of ether oxygens (including phenoxy) is 3. The number of nitrogens with zero attached hydrogens (tertiary/aromatic N) is 3. The van der Waals surface area contributed by atoms with Gasteiger partial charge in [-0.15, -0.1) is 0 Å². The molecule has 74 heavy (non-hydrogen) atoms. The number of likely N-dealkylation sites (N-methyl/N-ethyl adjacent to an activating group) is 1. The van der Waals surface area contributed by atoms with Crippen LogP contribution in [0.25, 0.3) is 21.3 Å². The average molecular weight is 1040 g/mol. The second-order valence-electron chi connectivity index (χ2n) is 20.2. The van der Waals surface area contributed by atoms with Crippen LogP contribution in [0.1, 0.15) is 126 Å². The summed E-state index contributed by atoms with van der Waals surface area (Å²) in [5.41, 5.74) is 6.01. The van der Waals surface area contributed by atoms with Gasteiger partial charge in [0.1, 0.15) is 18.2 Å². The van der Waals surface area contributed by atoms with E-state index < -0.39 is 30.3 Å². The second kappa shape index (κ2) is 26.5. The van der Waals surface area contributed by atoms with Crippen LogP contribution in [0.4, 0.5) is 15.6 Å². The van der Waals surface area contributed by atoms with E-state index in [4.69, 9.17) is 14.2 Å². The number of likely N-dealkylation sites (tertiary alicyclic amines) is 1. The van der Waals surface area contributed by atoms with Crippen molar-refractivity contribution in [2.75, 3.05) is 50.7 Å². The lowest BCUT2D eigenvalue weighted by Crippen LogP contribution is -2.58. The Morgan fingerprint density at radius 2 is 1.53 bits per heavy atom. The fourth-order valence-corrected chi connectivity index (χ4v) is 11.5. The van der Waals surface area contributed by atoms with Crippen molar-refractivity contribution in [3.63, 3.8) is 0 Å². The van der Waals surface area contributed by atoms with Crippen LogP contribution >= 0.6 is 11.3 Å². The van der Waals surface area contributed by atoms with Crippen molar-refractivity contribution in [2.45, 2.75) is 153 Å². The molecule has 0 bridgehead atoms. The lowest BCUT2D eigenvalue weighted by atomic mass is 9.83. The van der Waals surface area contributed by atoms with Crippen molar-refractivity contribution in [3.05, 3.63) is 71.5 Å². The highest BCUT2D eigenvalue weighted by Gasteiger charge is 2.45. The van der Waals surface area contributed by atoms with E-state index in [-0.39, 0.29) is 99.8 Å². The molecule has 19 heteroatoms. The Hall–Kier alpha value is -6.02. The van der Waals surface area contributed by atoms with Gasteiger partial charge < -0.3 is 45.7 Å². The lowest BCUT2D eigenvalue weighted by Gasteiger charge is -2.35. The monoisotopic (exact) mass is 1040 g/mol. The van der Waals surface area contributed by atoms with E-state index in [1.54, 1.807) is 25.1 Å². The van der Waals surface area contributed by atoms with Crippen molar-refractivity contribution in [3.8, 4) is 11.1 Å². The fourth-order valence-electron chi connectivity index (χ4n) is 10.6. The van der Waals surface area contributed by atoms with Crippen molar-refractivity contribution >= 4 is 68.0 Å². The topological polar surface area (TPSA) is 231 Å². The van der Waals surface area contributed by atoms with Gasteiger partial charge in [0.05, 0.1) is 66.5 Å². The van der Waals surface area contributed by atoms with Crippen molar-refractivity contribution in [1.82, 2.24) is 36.1 Å². The Labute approximate surface area is 437 Å². The first-order chi connectivity index (χ1) is 35.9. The molecule has 3 heterocycles. The van der Waals surface area contributed by atoms with Crippen LogP contribution in [0.5, 0.6) is 0 Å². The van der Waals surface area contributed by atoms with Gasteiger partial charge in [-0.25, -0.2) is 9.78 Å². The molecule has 4 aliphatic rings. The second-order valence-corrected chi connectivity index (χ2v) is 21.2. The van der Waals surface area contributed by atoms with Crippen LogP contribution in [-0.4, -0.2) is 121 Å². The summed E-state index contributed by atoms with van der Waals surface area (Å²) in [5, 5.41) is 18.5. The quantitative estimate of drug-likeness (QED) is 0.0454. The summed E-state index contributed by atoms with van der Waals surface area (Å²) >= 11 is 1.36. The van der Waals surface area contributed by atoms with Gasteiger partial charge in [-0.2, -0.15) is 0 Å². The molecule has 0 spiro atoms. The van der Waals surface area contributed by atoms with Crippen LogP contribution < -0.4 is 31.9 Å². The molecule has 2 saturated carbocycles. The highest BCUT2D eigenvalue weighted by Crippen LogP contribution is 2.34. The Balaban J connectivity index is 0.771. The number of carbonyl (C=O) groups excluding carboxylic acids is 6. The molecular weight excluding hydrogens is 963 g/mol. The van der Waals surface area contributed by atoms with Crippen LogP contribution in [0, 0.1) is 12.8 Å². The van der Waals surface area contributed by atoms with E-state index in [2.05, 4.69) is 47.9 Å². The number of hydrogen-bond acceptors (Lipinski definition) is 13. The normalized spacial score (nSPS) is 20.0. The first-order valence-electron chi connectivity index (χ1n) is 26.7. The highest BCUT2D eigenvalue weighted by molar-refractivity contribution is 7.22. The summed E-state index contributed by atoms with van der Waals surface area (Å²) < 4.78 is 17.9. The molecule has 8 rings (SSSR count). The summed E-state index contributed by atoms with van der Waals surface area (Å²) in [6.45, 7) is 4.45. The largest absolute Gasteiger partial charge is 0.446 e. The van der Waals surface area contributed by atoms with Gasteiger partial charge in [0.2, 0.25) is 29.5 Å². The number of pyridine rings is 1. The molecule has 398 valence electrons. The van der Waals surface area contributed by atoms with E-state index in [1.807, 2.05) is 49.4 Å². The summed E-state index contributed by atoms with van der Waals surface area (Å²) in [7, 11) is 1.70. The number of benzene rings is 2. The van der Waals surface area contributed by atoms with Crippen LogP contribution in [0.3, 0.4) is 0 Å². The zero-order valence-electron chi connectivity index (χ0n) is 43.0. The minimum Gasteiger partial charge on any atom is -0.446 e. The molecule has 6 amide bonds. The molecule has 2 aromatic carbocycles. The number of carbonyl (C=O) groups is 6. The van der Waals surface area contributed by atoms with Crippen molar-refractivity contribution < 1.29 is 43.0 Å². The lowest BCUT2D eigenvalue weighted by molar-refractivity contribution is -0.143. The Kier molecular flexibility index (Phi) is 19.4. The molecule has 4 aromatic rings. The number of anilines is 2. The number of nitrogens with one attached hydrogen (secondary N) is 6. The van der Waals surface area contributed by atoms with Gasteiger partial charge in [0.25, 0.3) is 0 Å². The highest BCUT2D eigenvalue weighted by atomic mass is 32.1. The minimum absolute atomic E-state index is 0.0549. The average Bonchev–Trinajstić information content (AvgIpc) is 4.03. The molecule has 0 radical (unpaired) electrons. The molecule has 1 aliphatic heterocycles. The predicted molar refractivity (Wildman–Crippen MR) is 283 cm³/mol. The first kappa shape index (κ1) is 54.2. The van der Waals surface area contributed by atoms with E-state index >= 15 is 0 Å². The Bertz CT molecular complexity index is 2600. The smallest absolute Gasteiger partial charge is 0.411 e. The maximum Gasteiger partial charge on any atom is 0.411 e. The number of thiazole rings is 1. The van der Waals surface area contributed by atoms with Gasteiger partial charge in [-0.1, -0.05) is 67.4 Å².